The molecule has 5 rings (SSSR count). The van der Waals surface area contributed by atoms with Crippen molar-refractivity contribution in [3.8, 4) is 5.75 Å². The summed E-state index contributed by atoms with van der Waals surface area (Å²) in [6.07, 6.45) is 4.44. The number of benzene rings is 3. The minimum absolute atomic E-state index is 0.390. The highest BCUT2D eigenvalue weighted by Gasteiger charge is 2.22. The predicted octanol–water partition coefficient (Wildman–Crippen LogP) is 5.79. The van der Waals surface area contributed by atoms with Gasteiger partial charge in [-0.1, -0.05) is 60.7 Å². The Morgan fingerprint density at radius 3 is 2.31 bits per heavy atom. The first kappa shape index (κ1) is 24.1. The van der Waals surface area contributed by atoms with Crippen molar-refractivity contribution in [1.82, 2.24) is 15.3 Å². The molecular weight excluding hydrogens is 446 g/mol. The van der Waals surface area contributed by atoms with Crippen LogP contribution < -0.4 is 20.3 Å². The molecule has 0 spiro atoms. The van der Waals surface area contributed by atoms with Gasteiger partial charge in [0, 0.05) is 43.7 Å². The summed E-state index contributed by atoms with van der Waals surface area (Å²) < 4.78 is 6.14. The van der Waals surface area contributed by atoms with Gasteiger partial charge in [0.1, 0.15) is 18.2 Å². The third kappa shape index (κ3) is 5.94. The number of rotatable bonds is 9. The second-order valence-electron chi connectivity index (χ2n) is 9.74. The van der Waals surface area contributed by atoms with E-state index >= 15 is 0 Å². The Labute approximate surface area is 213 Å². The summed E-state index contributed by atoms with van der Waals surface area (Å²) in [6.45, 7) is 1.40. The molecule has 0 aliphatic heterocycles. The van der Waals surface area contributed by atoms with Crippen LogP contribution in [0, 0.1) is 0 Å². The molecule has 6 nitrogen and oxygen atoms in total. The summed E-state index contributed by atoms with van der Waals surface area (Å²) in [7, 11) is 4.06. The van der Waals surface area contributed by atoms with Crippen molar-refractivity contribution in [2.24, 2.45) is 0 Å². The lowest BCUT2D eigenvalue weighted by Gasteiger charge is -2.30. The van der Waals surface area contributed by atoms with Gasteiger partial charge in [-0.15, -0.1) is 0 Å². The number of nitrogens with one attached hydrogen (secondary N) is 2. The molecule has 36 heavy (non-hydrogen) atoms. The smallest absolute Gasteiger partial charge is 0.225 e. The van der Waals surface area contributed by atoms with Gasteiger partial charge in [0.2, 0.25) is 5.95 Å². The average molecular weight is 482 g/mol. The molecule has 186 valence electrons. The number of hydrogen-bond donors (Lipinski definition) is 2. The number of anilines is 2. The molecule has 2 N–H and O–H groups in total. The predicted molar refractivity (Wildman–Crippen MR) is 148 cm³/mol. The maximum Gasteiger partial charge on any atom is 0.225 e. The number of nitrogens with zero attached hydrogens (tertiary/aromatic N) is 3. The molecule has 0 radical (unpaired) electrons. The van der Waals surface area contributed by atoms with Crippen molar-refractivity contribution in [3.63, 3.8) is 0 Å². The van der Waals surface area contributed by atoms with Crippen LogP contribution in [0.25, 0.3) is 10.9 Å². The van der Waals surface area contributed by atoms with E-state index in [2.05, 4.69) is 58.0 Å². The number of hydrogen-bond acceptors (Lipinski definition) is 6. The fourth-order valence-electron chi connectivity index (χ4n) is 4.87. The highest BCUT2D eigenvalue weighted by Crippen LogP contribution is 2.27. The minimum atomic E-state index is 0.390. The highest BCUT2D eigenvalue weighted by molar-refractivity contribution is 5.90. The normalized spacial score (nSPS) is 17.6. The van der Waals surface area contributed by atoms with Gasteiger partial charge in [0.25, 0.3) is 0 Å². The van der Waals surface area contributed by atoms with Crippen LogP contribution >= 0.6 is 0 Å². The molecular formula is C30H35N5O. The van der Waals surface area contributed by atoms with Crippen LogP contribution in [0.15, 0.2) is 78.9 Å². The molecule has 1 aliphatic carbocycles. The minimum Gasteiger partial charge on any atom is -0.489 e. The summed E-state index contributed by atoms with van der Waals surface area (Å²) in [5, 5.41) is 8.45. The van der Waals surface area contributed by atoms with Crippen molar-refractivity contribution >= 4 is 22.7 Å². The Bertz CT molecular complexity index is 1270. The van der Waals surface area contributed by atoms with Crippen LogP contribution in [0.4, 0.5) is 11.8 Å². The molecule has 1 heterocycles. The van der Waals surface area contributed by atoms with Crippen LogP contribution in [-0.2, 0) is 13.2 Å². The van der Waals surface area contributed by atoms with E-state index in [0.29, 0.717) is 18.7 Å². The maximum atomic E-state index is 6.14. The first-order valence-corrected chi connectivity index (χ1v) is 12.8. The van der Waals surface area contributed by atoms with Crippen LogP contribution in [0.3, 0.4) is 0 Å². The van der Waals surface area contributed by atoms with Crippen LogP contribution in [-0.4, -0.2) is 36.1 Å². The van der Waals surface area contributed by atoms with E-state index in [1.54, 1.807) is 0 Å². The van der Waals surface area contributed by atoms with E-state index in [-0.39, 0.29) is 0 Å². The van der Waals surface area contributed by atoms with Gasteiger partial charge >= 0.3 is 0 Å². The molecule has 0 amide bonds. The molecule has 0 saturated heterocycles. The van der Waals surface area contributed by atoms with Crippen molar-refractivity contribution in [1.29, 1.82) is 0 Å². The third-order valence-electron chi connectivity index (χ3n) is 6.86. The summed E-state index contributed by atoms with van der Waals surface area (Å²) in [6, 6.07) is 27.7. The number of para-hydroxylation sites is 2. The third-order valence-corrected chi connectivity index (χ3v) is 6.86. The molecule has 0 unspecified atom stereocenters. The second-order valence-corrected chi connectivity index (χ2v) is 9.74. The van der Waals surface area contributed by atoms with Crippen LogP contribution in [0.5, 0.6) is 5.75 Å². The SMILES string of the molecule is CN(C)c1nc(N[C@H]2CC[C@@H](NCc3ccccc3OCc3ccccc3)CC2)nc2ccccc12. The fourth-order valence-corrected chi connectivity index (χ4v) is 4.87. The van der Waals surface area contributed by atoms with Gasteiger partial charge in [-0.05, 0) is 49.4 Å². The van der Waals surface area contributed by atoms with E-state index < -0.39 is 0 Å². The van der Waals surface area contributed by atoms with Crippen molar-refractivity contribution in [2.45, 2.75) is 50.9 Å². The Balaban J connectivity index is 1.14. The van der Waals surface area contributed by atoms with Crippen molar-refractivity contribution in [3.05, 3.63) is 90.0 Å². The van der Waals surface area contributed by atoms with E-state index in [4.69, 9.17) is 14.7 Å². The maximum absolute atomic E-state index is 6.14. The van der Waals surface area contributed by atoms with Gasteiger partial charge in [-0.2, -0.15) is 4.98 Å². The highest BCUT2D eigenvalue weighted by atomic mass is 16.5. The zero-order chi connectivity index (χ0) is 24.7. The van der Waals surface area contributed by atoms with Gasteiger partial charge in [-0.25, -0.2) is 4.98 Å². The molecule has 4 aromatic rings. The molecule has 1 saturated carbocycles. The number of ether oxygens (including phenoxy) is 1. The van der Waals surface area contributed by atoms with E-state index in [1.165, 1.54) is 11.1 Å². The number of aromatic nitrogens is 2. The monoisotopic (exact) mass is 481 g/mol. The molecule has 0 atom stereocenters. The zero-order valence-corrected chi connectivity index (χ0v) is 21.2. The lowest BCUT2D eigenvalue weighted by molar-refractivity contribution is 0.299. The van der Waals surface area contributed by atoms with E-state index in [9.17, 15) is 0 Å². The lowest BCUT2D eigenvalue weighted by atomic mass is 9.91. The topological polar surface area (TPSA) is 62.3 Å². The largest absolute Gasteiger partial charge is 0.489 e. The Morgan fingerprint density at radius 2 is 1.50 bits per heavy atom. The average Bonchev–Trinajstić information content (AvgIpc) is 2.92. The van der Waals surface area contributed by atoms with Gasteiger partial charge in [0.15, 0.2) is 0 Å². The van der Waals surface area contributed by atoms with Gasteiger partial charge in [-0.3, -0.25) is 0 Å². The zero-order valence-electron chi connectivity index (χ0n) is 21.2. The Hall–Kier alpha value is -3.64. The summed E-state index contributed by atoms with van der Waals surface area (Å²) in [5.74, 6) is 2.62. The lowest BCUT2D eigenvalue weighted by Crippen LogP contribution is -2.37. The van der Waals surface area contributed by atoms with Gasteiger partial charge < -0.3 is 20.3 Å². The summed E-state index contributed by atoms with van der Waals surface area (Å²) >= 11 is 0. The van der Waals surface area contributed by atoms with Crippen LogP contribution in [0.1, 0.15) is 36.8 Å². The molecule has 1 fully saturated rings. The first-order chi connectivity index (χ1) is 17.7. The number of fused-ring (bicyclic) bond motifs is 1. The fraction of sp³-hybridized carbons (Fsp3) is 0.333. The van der Waals surface area contributed by atoms with E-state index in [1.807, 2.05) is 50.5 Å². The Kier molecular flexibility index (Phi) is 7.62. The summed E-state index contributed by atoms with van der Waals surface area (Å²) in [5.41, 5.74) is 3.36. The standard InChI is InChI=1S/C30H35N5O/c1-35(2)29-26-13-7-8-14-27(26)33-30(34-29)32-25-18-16-24(17-19-25)31-20-23-12-6-9-15-28(23)36-21-22-10-4-3-5-11-22/h3-15,24-25,31H,16-21H2,1-2H3,(H,32,33,34)/t24-,25+. The molecule has 6 heteroatoms. The first-order valence-electron chi connectivity index (χ1n) is 12.8. The quantitative estimate of drug-likeness (QED) is 0.316. The molecule has 1 aliphatic rings. The van der Waals surface area contributed by atoms with Crippen molar-refractivity contribution in [2.75, 3.05) is 24.3 Å². The molecule has 1 aromatic heterocycles. The Morgan fingerprint density at radius 1 is 0.806 bits per heavy atom. The second kappa shape index (κ2) is 11.4. The summed E-state index contributed by atoms with van der Waals surface area (Å²) in [4.78, 5) is 11.6. The molecule has 3 aromatic carbocycles. The van der Waals surface area contributed by atoms with Gasteiger partial charge in [0.05, 0.1) is 5.52 Å². The van der Waals surface area contributed by atoms with Crippen LogP contribution in [0.2, 0.25) is 0 Å². The van der Waals surface area contributed by atoms with Crippen molar-refractivity contribution < 1.29 is 4.74 Å². The molecule has 0 bridgehead atoms. The van der Waals surface area contributed by atoms with E-state index in [0.717, 1.165) is 60.6 Å².